The monoisotopic (exact) mass is 125 g/mol. The zero-order valence-corrected chi connectivity index (χ0v) is 5.79. The molecule has 0 N–H and O–H groups in total. The maximum Gasteiger partial charge on any atom is 0.217 e. The van der Waals surface area contributed by atoms with Crippen molar-refractivity contribution >= 4 is 6.41 Å². The molecule has 0 fully saturated rings. The fourth-order valence-electron chi connectivity index (χ4n) is 0.424. The lowest BCUT2D eigenvalue weighted by atomic mass is 10.4. The summed E-state index contributed by atoms with van der Waals surface area (Å²) in [4.78, 5) is 11.5. The molecule has 0 aromatic heterocycles. The molecular formula is C7H11NO. The number of carbonyl (C=O) groups excluding carboxylic acids is 1. The van der Waals surface area contributed by atoms with Crippen LogP contribution in [0.5, 0.6) is 0 Å². The number of nitrogens with zero attached hydrogens (tertiary/aromatic N) is 1. The molecule has 0 aliphatic heterocycles. The van der Waals surface area contributed by atoms with Gasteiger partial charge in [-0.2, -0.15) is 0 Å². The van der Waals surface area contributed by atoms with E-state index < -0.39 is 0 Å². The molecule has 2 nitrogen and oxygen atoms in total. The second kappa shape index (κ2) is 3.89. The van der Waals surface area contributed by atoms with Crippen molar-refractivity contribution in [1.82, 2.24) is 4.90 Å². The molecule has 50 valence electrons. The van der Waals surface area contributed by atoms with Crippen molar-refractivity contribution in [3.63, 3.8) is 0 Å². The van der Waals surface area contributed by atoms with Gasteiger partial charge in [0.15, 0.2) is 0 Å². The predicted molar refractivity (Wildman–Crippen MR) is 37.5 cm³/mol. The van der Waals surface area contributed by atoms with Crippen LogP contribution in [0.4, 0.5) is 0 Å². The first-order chi connectivity index (χ1) is 4.20. The summed E-state index contributed by atoms with van der Waals surface area (Å²) < 4.78 is 0. The number of hydrogen-bond donors (Lipinski definition) is 0. The number of amides is 1. The van der Waals surface area contributed by atoms with E-state index in [1.807, 2.05) is 13.8 Å². The van der Waals surface area contributed by atoms with Gasteiger partial charge >= 0.3 is 0 Å². The van der Waals surface area contributed by atoms with Crippen LogP contribution in [-0.4, -0.2) is 11.3 Å². The molecule has 0 radical (unpaired) electrons. The zero-order valence-electron chi connectivity index (χ0n) is 5.79. The molecule has 0 aliphatic carbocycles. The van der Waals surface area contributed by atoms with Crippen molar-refractivity contribution in [2.75, 3.05) is 0 Å². The van der Waals surface area contributed by atoms with Gasteiger partial charge in [-0.25, -0.2) is 0 Å². The van der Waals surface area contributed by atoms with Crippen LogP contribution in [0, 0.1) is 0 Å². The van der Waals surface area contributed by atoms with Crippen molar-refractivity contribution in [3.8, 4) is 0 Å². The number of carbonyl (C=O) groups is 1. The topological polar surface area (TPSA) is 20.3 Å². The molecule has 0 spiro atoms. The van der Waals surface area contributed by atoms with Crippen molar-refractivity contribution in [3.05, 3.63) is 24.6 Å². The first-order valence-electron chi connectivity index (χ1n) is 2.71. The van der Waals surface area contributed by atoms with Crippen LogP contribution in [-0.2, 0) is 4.79 Å². The molecule has 0 aromatic carbocycles. The average molecular weight is 125 g/mol. The highest BCUT2D eigenvalue weighted by molar-refractivity contribution is 5.50. The van der Waals surface area contributed by atoms with E-state index in [1.165, 1.54) is 11.1 Å². The first-order valence-corrected chi connectivity index (χ1v) is 2.71. The molecule has 0 rings (SSSR count). The Morgan fingerprint density at radius 2 is 2.11 bits per heavy atom. The van der Waals surface area contributed by atoms with Crippen molar-refractivity contribution in [2.45, 2.75) is 13.8 Å². The third-order valence-corrected chi connectivity index (χ3v) is 0.740. The number of hydrogen-bond acceptors (Lipinski definition) is 1. The van der Waals surface area contributed by atoms with Crippen LogP contribution in [0.3, 0.4) is 0 Å². The van der Waals surface area contributed by atoms with E-state index in [0.717, 1.165) is 5.57 Å². The van der Waals surface area contributed by atoms with Gasteiger partial charge in [-0.1, -0.05) is 12.2 Å². The van der Waals surface area contributed by atoms with E-state index in [2.05, 4.69) is 6.58 Å². The highest BCUT2D eigenvalue weighted by Crippen LogP contribution is 1.92. The molecular weight excluding hydrogens is 114 g/mol. The molecule has 0 aliphatic rings. The third kappa shape index (κ3) is 3.53. The van der Waals surface area contributed by atoms with Gasteiger partial charge in [0.25, 0.3) is 0 Å². The summed E-state index contributed by atoms with van der Waals surface area (Å²) >= 11 is 0. The fourth-order valence-corrected chi connectivity index (χ4v) is 0.424. The lowest BCUT2D eigenvalue weighted by molar-refractivity contribution is -0.114. The second-order valence-corrected chi connectivity index (χ2v) is 1.94. The number of allylic oxidation sites excluding steroid dienone is 1. The molecule has 0 saturated carbocycles. The van der Waals surface area contributed by atoms with Crippen LogP contribution in [0.15, 0.2) is 24.6 Å². The zero-order chi connectivity index (χ0) is 7.28. The summed E-state index contributed by atoms with van der Waals surface area (Å²) in [7, 11) is 0. The van der Waals surface area contributed by atoms with Crippen LogP contribution in [0.2, 0.25) is 0 Å². The minimum Gasteiger partial charge on any atom is -0.298 e. The van der Waals surface area contributed by atoms with Crippen LogP contribution in [0.25, 0.3) is 0 Å². The quantitative estimate of drug-likeness (QED) is 0.523. The Morgan fingerprint density at radius 1 is 1.56 bits per heavy atom. The average Bonchev–Trinajstić information content (AvgIpc) is 1.82. The molecule has 0 heterocycles. The van der Waals surface area contributed by atoms with Crippen molar-refractivity contribution in [2.24, 2.45) is 0 Å². The number of rotatable bonds is 3. The van der Waals surface area contributed by atoms with Gasteiger partial charge < -0.3 is 0 Å². The Hall–Kier alpha value is -1.05. The Bertz CT molecular complexity index is 126. The lowest BCUT2D eigenvalue weighted by Gasteiger charge is -2.03. The second-order valence-electron chi connectivity index (χ2n) is 1.94. The molecule has 0 unspecified atom stereocenters. The third-order valence-electron chi connectivity index (χ3n) is 0.740. The molecule has 1 amide bonds. The van der Waals surface area contributed by atoms with E-state index in [0.29, 0.717) is 6.41 Å². The maximum atomic E-state index is 10.1. The normalized spacial score (nSPS) is 7.78. The SMILES string of the molecule is C=CN(C=O)C=C(C)C. The van der Waals surface area contributed by atoms with Gasteiger partial charge in [0.1, 0.15) is 0 Å². The van der Waals surface area contributed by atoms with Gasteiger partial charge in [0.05, 0.1) is 0 Å². The summed E-state index contributed by atoms with van der Waals surface area (Å²) in [5.74, 6) is 0. The van der Waals surface area contributed by atoms with E-state index >= 15 is 0 Å². The summed E-state index contributed by atoms with van der Waals surface area (Å²) in [6.45, 7) is 7.27. The van der Waals surface area contributed by atoms with Crippen LogP contribution < -0.4 is 0 Å². The summed E-state index contributed by atoms with van der Waals surface area (Å²) in [5, 5.41) is 0. The largest absolute Gasteiger partial charge is 0.298 e. The molecule has 0 aromatic rings. The summed E-state index contributed by atoms with van der Waals surface area (Å²) in [6, 6.07) is 0. The lowest BCUT2D eigenvalue weighted by Crippen LogP contribution is -2.04. The first kappa shape index (κ1) is 7.95. The van der Waals surface area contributed by atoms with Crippen molar-refractivity contribution < 1.29 is 4.79 Å². The van der Waals surface area contributed by atoms with E-state index in [9.17, 15) is 4.79 Å². The van der Waals surface area contributed by atoms with E-state index in [1.54, 1.807) is 6.20 Å². The van der Waals surface area contributed by atoms with Gasteiger partial charge in [-0.3, -0.25) is 9.69 Å². The minimum absolute atomic E-state index is 0.708. The van der Waals surface area contributed by atoms with E-state index in [-0.39, 0.29) is 0 Å². The highest BCUT2D eigenvalue weighted by Gasteiger charge is 1.85. The Balaban J connectivity index is 3.98. The highest BCUT2D eigenvalue weighted by atomic mass is 16.1. The molecule has 2 heteroatoms. The van der Waals surface area contributed by atoms with Crippen LogP contribution in [0.1, 0.15) is 13.8 Å². The van der Waals surface area contributed by atoms with Gasteiger partial charge in [-0.15, -0.1) is 0 Å². The van der Waals surface area contributed by atoms with Crippen LogP contribution >= 0.6 is 0 Å². The summed E-state index contributed by atoms with van der Waals surface area (Å²) in [5.41, 5.74) is 1.07. The Labute approximate surface area is 55.5 Å². The molecule has 0 saturated heterocycles. The fraction of sp³-hybridized carbons (Fsp3) is 0.286. The Morgan fingerprint density at radius 3 is 2.22 bits per heavy atom. The minimum atomic E-state index is 0.708. The molecule has 0 bridgehead atoms. The molecule has 9 heavy (non-hydrogen) atoms. The Kier molecular flexibility index (Phi) is 3.44. The van der Waals surface area contributed by atoms with Gasteiger partial charge in [0.2, 0.25) is 6.41 Å². The maximum absolute atomic E-state index is 10.1. The molecule has 0 atom stereocenters. The van der Waals surface area contributed by atoms with Crippen molar-refractivity contribution in [1.29, 1.82) is 0 Å². The summed E-state index contributed by atoms with van der Waals surface area (Å²) in [6.07, 6.45) is 3.88. The van der Waals surface area contributed by atoms with E-state index in [4.69, 9.17) is 0 Å². The standard InChI is InChI=1S/C7H11NO/c1-4-8(6-9)5-7(2)3/h4-6H,1H2,2-3H3. The smallest absolute Gasteiger partial charge is 0.217 e. The van der Waals surface area contributed by atoms with Gasteiger partial charge in [0, 0.05) is 12.4 Å². The predicted octanol–water partition coefficient (Wildman–Crippen LogP) is 1.51. The van der Waals surface area contributed by atoms with Gasteiger partial charge in [-0.05, 0) is 13.8 Å².